The van der Waals surface area contributed by atoms with E-state index >= 15 is 0 Å². The van der Waals surface area contributed by atoms with Crippen molar-refractivity contribution in [2.75, 3.05) is 26.3 Å². The van der Waals surface area contributed by atoms with Crippen LogP contribution in [-0.2, 0) is 15.1 Å². The van der Waals surface area contributed by atoms with Gasteiger partial charge in [0.1, 0.15) is 17.1 Å². The molecule has 40 heavy (non-hydrogen) atoms. The summed E-state index contributed by atoms with van der Waals surface area (Å²) in [6, 6.07) is 6.33. The number of allylic oxidation sites excluding steroid dienone is 4. The zero-order chi connectivity index (χ0) is 28.1. The van der Waals surface area contributed by atoms with Gasteiger partial charge >= 0.3 is 0 Å². The Hall–Kier alpha value is -3.62. The molecule has 1 saturated carbocycles. The Balaban J connectivity index is 1.22. The third-order valence-electron chi connectivity index (χ3n) is 8.85. The maximum Gasteiger partial charge on any atom is 0.252 e. The first-order valence-electron chi connectivity index (χ1n) is 14.1. The summed E-state index contributed by atoms with van der Waals surface area (Å²) in [6.07, 6.45) is 15.5. The second-order valence-electron chi connectivity index (χ2n) is 11.9. The Bertz CT molecular complexity index is 1400. The molecule has 210 valence electrons. The van der Waals surface area contributed by atoms with Crippen LogP contribution in [0.15, 0.2) is 94.8 Å². The molecule has 5 aliphatic rings. The third kappa shape index (κ3) is 4.69. The fraction of sp³-hybridized carbons (Fsp3) is 0.406. The number of amides is 1. The molecule has 1 fully saturated rings. The molecule has 7 nitrogen and oxygen atoms in total. The number of ether oxygens (including phenoxy) is 1. The number of aliphatic hydroxyl groups is 1. The molecule has 2 unspecified atom stereocenters. The monoisotopic (exact) mass is 544 g/mol. The van der Waals surface area contributed by atoms with Crippen LogP contribution in [0.5, 0.6) is 0 Å². The van der Waals surface area contributed by atoms with Crippen molar-refractivity contribution < 1.29 is 19.0 Å². The first-order chi connectivity index (χ1) is 19.2. The highest BCUT2D eigenvalue weighted by Crippen LogP contribution is 2.48. The lowest BCUT2D eigenvalue weighted by atomic mass is 9.76. The molecular weight excluding hydrogens is 507 g/mol. The number of rotatable bonds is 8. The predicted octanol–water partition coefficient (Wildman–Crippen LogP) is 3.84. The van der Waals surface area contributed by atoms with E-state index in [0.717, 1.165) is 34.7 Å². The van der Waals surface area contributed by atoms with Gasteiger partial charge in [0.25, 0.3) is 5.91 Å². The molecule has 8 heteroatoms. The van der Waals surface area contributed by atoms with Crippen LogP contribution in [0, 0.1) is 23.1 Å². The Labute approximate surface area is 234 Å². The van der Waals surface area contributed by atoms with Crippen molar-refractivity contribution in [3.8, 4) is 0 Å². The molecule has 0 radical (unpaired) electrons. The van der Waals surface area contributed by atoms with Gasteiger partial charge in [0.05, 0.1) is 18.8 Å². The van der Waals surface area contributed by atoms with Gasteiger partial charge in [-0.05, 0) is 73.6 Å². The Morgan fingerprint density at radius 2 is 2.02 bits per heavy atom. The molecule has 6 rings (SSSR count). The van der Waals surface area contributed by atoms with E-state index in [0.29, 0.717) is 24.6 Å². The second kappa shape index (κ2) is 10.1. The Morgan fingerprint density at radius 3 is 2.73 bits per heavy atom. The molecule has 4 aliphatic heterocycles. The molecule has 0 saturated heterocycles. The lowest BCUT2D eigenvalue weighted by Crippen LogP contribution is -2.47. The van der Waals surface area contributed by atoms with Crippen LogP contribution >= 0.6 is 0 Å². The Morgan fingerprint density at radius 1 is 1.25 bits per heavy atom. The highest BCUT2D eigenvalue weighted by atomic mass is 19.1. The molecule has 3 atom stereocenters. The standard InChI is InChI=1S/C32H37FN4O3/c1-31(18-34)19-40-29-27(31)13-28(36-32(29,2)24-7-9-25(33)10-8-24)23(17-38)14-35-30(39)22-6-12-26-11-5-21(20-3-4-20)15-37(26)16-22/h6-13,15-16,20,23,36,38H,3-5,14,17-19,34H2,1-2H3,(H,35,39)/t23?,31-,32?/m0/s1. The van der Waals surface area contributed by atoms with Gasteiger partial charge in [0.15, 0.2) is 0 Å². The summed E-state index contributed by atoms with van der Waals surface area (Å²) in [5, 5.41) is 17.0. The van der Waals surface area contributed by atoms with E-state index in [-0.39, 0.29) is 24.9 Å². The largest absolute Gasteiger partial charge is 0.494 e. The zero-order valence-electron chi connectivity index (χ0n) is 23.0. The molecule has 1 aromatic carbocycles. The van der Waals surface area contributed by atoms with Crippen molar-refractivity contribution in [2.24, 2.45) is 23.0 Å². The van der Waals surface area contributed by atoms with Crippen molar-refractivity contribution in [2.45, 2.75) is 38.6 Å². The van der Waals surface area contributed by atoms with Gasteiger partial charge in [-0.1, -0.05) is 25.1 Å². The van der Waals surface area contributed by atoms with Crippen LogP contribution in [0.2, 0.25) is 0 Å². The number of nitrogens with two attached hydrogens (primary N) is 1. The summed E-state index contributed by atoms with van der Waals surface area (Å²) < 4.78 is 20.0. The number of aliphatic hydroxyl groups excluding tert-OH is 1. The quantitative estimate of drug-likeness (QED) is 0.397. The highest BCUT2D eigenvalue weighted by molar-refractivity contribution is 5.96. The number of nitrogens with one attached hydrogen (secondary N) is 2. The van der Waals surface area contributed by atoms with Gasteiger partial charge in [0, 0.05) is 53.8 Å². The lowest BCUT2D eigenvalue weighted by molar-refractivity contribution is -0.117. The number of carbonyl (C=O) groups excluding carboxylic acids is 1. The molecule has 1 amide bonds. The van der Waals surface area contributed by atoms with E-state index in [1.165, 1.54) is 30.5 Å². The van der Waals surface area contributed by atoms with Crippen molar-refractivity contribution in [3.63, 3.8) is 0 Å². The first kappa shape index (κ1) is 26.6. The van der Waals surface area contributed by atoms with E-state index in [4.69, 9.17) is 10.5 Å². The molecular formula is C32H37FN4O3. The van der Waals surface area contributed by atoms with Crippen molar-refractivity contribution >= 4 is 5.91 Å². The number of nitrogens with zero attached hydrogens (tertiary/aromatic N) is 1. The van der Waals surface area contributed by atoms with Gasteiger partial charge in [-0.25, -0.2) is 4.39 Å². The number of hydrogen-bond donors (Lipinski definition) is 4. The summed E-state index contributed by atoms with van der Waals surface area (Å²) in [5.74, 6) is 0.506. The molecule has 5 N–H and O–H groups in total. The SMILES string of the molecule is CC1(c2ccc(F)cc2)NC(C(CO)CNC(=O)C2=CN3C=C(C4CC4)CC=C3C=C2)=CC2=C1OC[C@]2(C)CN. The summed E-state index contributed by atoms with van der Waals surface area (Å²) in [5.41, 5.74) is 10.6. The van der Waals surface area contributed by atoms with E-state index < -0.39 is 16.9 Å². The Kier molecular flexibility index (Phi) is 6.71. The summed E-state index contributed by atoms with van der Waals surface area (Å²) in [6.45, 7) is 4.92. The second-order valence-corrected chi connectivity index (χ2v) is 11.9. The first-order valence-corrected chi connectivity index (χ1v) is 14.1. The van der Waals surface area contributed by atoms with E-state index in [9.17, 15) is 14.3 Å². The van der Waals surface area contributed by atoms with Gasteiger partial charge < -0.3 is 31.1 Å². The number of fused-ring (bicyclic) bond motifs is 1. The average Bonchev–Trinajstić information content (AvgIpc) is 3.76. The fourth-order valence-electron chi connectivity index (χ4n) is 5.95. The van der Waals surface area contributed by atoms with E-state index in [1.807, 2.05) is 36.3 Å². The molecule has 4 heterocycles. The number of benzene rings is 1. The molecule has 0 spiro atoms. The fourth-order valence-corrected chi connectivity index (χ4v) is 5.95. The average molecular weight is 545 g/mol. The van der Waals surface area contributed by atoms with Crippen LogP contribution in [0.25, 0.3) is 0 Å². The van der Waals surface area contributed by atoms with Crippen molar-refractivity contribution in [1.82, 2.24) is 15.5 Å². The van der Waals surface area contributed by atoms with Gasteiger partial charge in [-0.3, -0.25) is 4.79 Å². The summed E-state index contributed by atoms with van der Waals surface area (Å²) in [7, 11) is 0. The van der Waals surface area contributed by atoms with E-state index in [2.05, 4.69) is 29.8 Å². The number of carbonyl (C=O) groups is 1. The zero-order valence-corrected chi connectivity index (χ0v) is 23.0. The summed E-state index contributed by atoms with van der Waals surface area (Å²) >= 11 is 0. The molecule has 0 aromatic heterocycles. The van der Waals surface area contributed by atoms with E-state index in [1.54, 1.807) is 12.1 Å². The predicted molar refractivity (Wildman–Crippen MR) is 151 cm³/mol. The maximum absolute atomic E-state index is 13.8. The molecule has 1 aliphatic carbocycles. The van der Waals surface area contributed by atoms with Crippen LogP contribution in [0.3, 0.4) is 0 Å². The number of hydrogen-bond acceptors (Lipinski definition) is 6. The van der Waals surface area contributed by atoms with Crippen molar-refractivity contribution in [1.29, 1.82) is 0 Å². The van der Waals surface area contributed by atoms with Gasteiger partial charge in [-0.15, -0.1) is 0 Å². The van der Waals surface area contributed by atoms with Crippen LogP contribution in [-0.4, -0.2) is 42.2 Å². The van der Waals surface area contributed by atoms with Crippen LogP contribution in [0.1, 0.15) is 38.7 Å². The van der Waals surface area contributed by atoms with Crippen LogP contribution in [0.4, 0.5) is 4.39 Å². The minimum absolute atomic E-state index is 0.178. The maximum atomic E-state index is 13.8. The topological polar surface area (TPSA) is 99.8 Å². The third-order valence-corrected chi connectivity index (χ3v) is 8.85. The van der Waals surface area contributed by atoms with Crippen LogP contribution < -0.4 is 16.4 Å². The van der Waals surface area contributed by atoms with Crippen molar-refractivity contribution in [3.05, 3.63) is 106 Å². The number of dihydropyridines is 1. The smallest absolute Gasteiger partial charge is 0.252 e. The van der Waals surface area contributed by atoms with Gasteiger partial charge in [0.2, 0.25) is 0 Å². The highest BCUT2D eigenvalue weighted by Gasteiger charge is 2.48. The minimum atomic E-state index is -0.797. The summed E-state index contributed by atoms with van der Waals surface area (Å²) in [4.78, 5) is 15.3. The number of halogens is 1. The molecule has 1 aromatic rings. The normalized spacial score (nSPS) is 27.9. The molecule has 0 bridgehead atoms. The minimum Gasteiger partial charge on any atom is -0.494 e. The van der Waals surface area contributed by atoms with Gasteiger partial charge in [-0.2, -0.15) is 0 Å². The lowest BCUT2D eigenvalue weighted by Gasteiger charge is -2.40.